The molecular formula is C8H12N2. The van der Waals surface area contributed by atoms with Crippen LogP contribution >= 0.6 is 0 Å². The summed E-state index contributed by atoms with van der Waals surface area (Å²) in [6.45, 7) is -3.08. The lowest BCUT2D eigenvalue weighted by Crippen LogP contribution is -1.89. The quantitative estimate of drug-likeness (QED) is 0.683. The van der Waals surface area contributed by atoms with Crippen molar-refractivity contribution < 1.29 is 9.60 Å². The molecular weight excluding hydrogens is 124 g/mol. The van der Waals surface area contributed by atoms with Crippen molar-refractivity contribution in [3.8, 4) is 0 Å². The maximum atomic E-state index is 7.66. The first-order valence-electron chi connectivity index (χ1n) is 6.21. The van der Waals surface area contributed by atoms with Gasteiger partial charge < -0.3 is 5.73 Å². The van der Waals surface area contributed by atoms with Gasteiger partial charge in [-0.1, -0.05) is 13.2 Å². The molecule has 0 aliphatic heterocycles. The van der Waals surface area contributed by atoms with Gasteiger partial charge in [-0.05, 0) is 18.0 Å². The Bertz CT molecular complexity index is 413. The predicted octanol–water partition coefficient (Wildman–Crippen LogP) is 1.62. The Balaban J connectivity index is 3.28. The van der Waals surface area contributed by atoms with Gasteiger partial charge in [-0.25, -0.2) is 0 Å². The predicted molar refractivity (Wildman–Crippen MR) is 42.6 cm³/mol. The summed E-state index contributed by atoms with van der Waals surface area (Å²) in [5.41, 5.74) is 5.37. The summed E-state index contributed by atoms with van der Waals surface area (Å²) in [6.07, 6.45) is -3.40. The number of hydrogen-bond acceptors (Lipinski definition) is 2. The molecule has 1 aromatic heterocycles. The molecule has 0 aliphatic carbocycles. The number of nitrogens with two attached hydrogens (primary N) is 1. The number of nitrogens with zero attached hydrogens (tertiary/aromatic N) is 1. The van der Waals surface area contributed by atoms with Crippen LogP contribution in [0.3, 0.4) is 0 Å². The zero-order valence-corrected chi connectivity index (χ0v) is 5.26. The molecule has 0 fully saturated rings. The summed E-state index contributed by atoms with van der Waals surface area (Å²) in [4.78, 5) is 3.63. The summed E-state index contributed by atoms with van der Waals surface area (Å²) >= 11 is 0. The molecule has 0 aliphatic rings. The molecule has 1 heterocycles. The fourth-order valence-corrected chi connectivity index (χ4v) is 0.598. The van der Waals surface area contributed by atoms with Crippen LogP contribution in [0, 0.1) is 0 Å². The summed E-state index contributed by atoms with van der Waals surface area (Å²) in [6, 6.07) is 1.18. The highest BCUT2D eigenvalue weighted by Crippen LogP contribution is 2.05. The molecule has 1 aromatic rings. The van der Waals surface area contributed by atoms with Gasteiger partial charge in [-0.2, -0.15) is 0 Å². The lowest BCUT2D eigenvalue weighted by atomic mass is 10.2. The van der Waals surface area contributed by atoms with Gasteiger partial charge in [0.25, 0.3) is 0 Å². The number of nitrogen functional groups attached to an aromatic ring is 1. The number of rotatable bonds is 2. The fourth-order valence-electron chi connectivity index (χ4n) is 0.598. The summed E-state index contributed by atoms with van der Waals surface area (Å²) < 4.78 is 51.4. The Kier molecular flexibility index (Phi) is 0.712. The third-order valence-electron chi connectivity index (χ3n) is 0.966. The second-order valence-electron chi connectivity index (χ2n) is 1.76. The van der Waals surface area contributed by atoms with Gasteiger partial charge in [0.05, 0.1) is 5.69 Å². The maximum Gasteiger partial charge on any atom is 0.0503 e. The van der Waals surface area contributed by atoms with Crippen molar-refractivity contribution in [3.05, 3.63) is 24.0 Å². The van der Waals surface area contributed by atoms with Crippen molar-refractivity contribution in [2.45, 2.75) is 19.6 Å². The molecule has 54 valence electrons. The van der Waals surface area contributed by atoms with Crippen LogP contribution < -0.4 is 5.73 Å². The number of anilines is 1. The molecule has 10 heavy (non-hydrogen) atoms. The average Bonchev–Trinajstić information content (AvgIpc) is 2.15. The number of pyridine rings is 1. The van der Waals surface area contributed by atoms with Crippen LogP contribution in [0.25, 0.3) is 0 Å². The second kappa shape index (κ2) is 3.20. The topological polar surface area (TPSA) is 38.9 Å². The van der Waals surface area contributed by atoms with Gasteiger partial charge in [0.1, 0.15) is 0 Å². The van der Waals surface area contributed by atoms with E-state index in [1.807, 2.05) is 0 Å². The summed E-state index contributed by atoms with van der Waals surface area (Å²) in [5, 5.41) is 0. The highest BCUT2D eigenvalue weighted by molar-refractivity contribution is 5.36. The van der Waals surface area contributed by atoms with E-state index in [-0.39, 0.29) is 11.3 Å². The van der Waals surface area contributed by atoms with E-state index in [1.54, 1.807) is 0 Å². The molecule has 0 amide bonds. The van der Waals surface area contributed by atoms with Crippen molar-refractivity contribution in [1.29, 1.82) is 0 Å². The minimum Gasteiger partial charge on any atom is -0.397 e. The Morgan fingerprint density at radius 3 is 3.40 bits per heavy atom. The zero-order chi connectivity index (χ0) is 13.5. The van der Waals surface area contributed by atoms with Crippen molar-refractivity contribution >= 4 is 5.69 Å². The van der Waals surface area contributed by atoms with E-state index in [0.717, 1.165) is 6.20 Å². The molecule has 0 aromatic carbocycles. The Labute approximate surface area is 70.9 Å². The first kappa shape index (κ1) is 2.22. The molecule has 2 heteroatoms. The molecule has 0 spiro atoms. The average molecular weight is 143 g/mol. The molecule has 0 atom stereocenters. The standard InChI is InChI=1S/C8H12N2/c1-2-3-7-4-8(9)6-10-5-7/h4-6H,2-3,9H2,1H3/i1D3,2D2,3D2. The molecule has 0 saturated carbocycles. The van der Waals surface area contributed by atoms with Crippen molar-refractivity contribution in [3.63, 3.8) is 0 Å². The third kappa shape index (κ3) is 1.72. The summed E-state index contributed by atoms with van der Waals surface area (Å²) in [7, 11) is 0. The van der Waals surface area contributed by atoms with Crippen LogP contribution in [0.1, 0.15) is 28.4 Å². The van der Waals surface area contributed by atoms with Gasteiger partial charge in [0.2, 0.25) is 0 Å². The van der Waals surface area contributed by atoms with Gasteiger partial charge in [-0.3, -0.25) is 4.98 Å². The smallest absolute Gasteiger partial charge is 0.0503 e. The van der Waals surface area contributed by atoms with E-state index in [1.165, 1.54) is 12.3 Å². The normalized spacial score (nSPS) is 24.2. The van der Waals surface area contributed by atoms with Gasteiger partial charge in [0, 0.05) is 22.0 Å². The van der Waals surface area contributed by atoms with Crippen molar-refractivity contribution in [2.24, 2.45) is 0 Å². The maximum absolute atomic E-state index is 7.66. The Morgan fingerprint density at radius 1 is 1.80 bits per heavy atom. The monoisotopic (exact) mass is 143 g/mol. The molecule has 0 saturated heterocycles. The number of aromatic nitrogens is 1. The number of hydrogen-bond donors (Lipinski definition) is 1. The van der Waals surface area contributed by atoms with E-state index < -0.39 is 19.6 Å². The lowest BCUT2D eigenvalue weighted by Gasteiger charge is -1.97. The molecule has 0 unspecified atom stereocenters. The van der Waals surface area contributed by atoms with E-state index in [9.17, 15) is 0 Å². The van der Waals surface area contributed by atoms with E-state index in [4.69, 9.17) is 15.3 Å². The SMILES string of the molecule is [2H]C([2H])([2H])C([2H])([2H])C([2H])([2H])c1cncc(N)c1. The van der Waals surface area contributed by atoms with Crippen LogP contribution in [0.5, 0.6) is 0 Å². The van der Waals surface area contributed by atoms with E-state index in [0.29, 0.717) is 0 Å². The first-order chi connectivity index (χ1) is 7.50. The highest BCUT2D eigenvalue weighted by Gasteiger charge is 1.90. The van der Waals surface area contributed by atoms with Crippen LogP contribution in [-0.4, -0.2) is 4.98 Å². The summed E-state index contributed by atoms with van der Waals surface area (Å²) in [5.74, 6) is 0. The number of aryl methyl sites for hydroxylation is 1. The second-order valence-corrected chi connectivity index (χ2v) is 1.76. The molecule has 2 N–H and O–H groups in total. The molecule has 0 bridgehead atoms. The van der Waals surface area contributed by atoms with Crippen LogP contribution in [0.4, 0.5) is 5.69 Å². The fraction of sp³-hybridized carbons (Fsp3) is 0.375. The third-order valence-corrected chi connectivity index (χ3v) is 0.966. The molecule has 0 radical (unpaired) electrons. The van der Waals surface area contributed by atoms with Gasteiger partial charge >= 0.3 is 0 Å². The minimum absolute atomic E-state index is 0.146. The zero-order valence-electron chi connectivity index (χ0n) is 12.3. The van der Waals surface area contributed by atoms with Crippen molar-refractivity contribution in [1.82, 2.24) is 4.98 Å². The highest BCUT2D eigenvalue weighted by atomic mass is 14.7. The molecule has 2 nitrogen and oxygen atoms in total. The first-order valence-corrected chi connectivity index (χ1v) is 2.71. The van der Waals surface area contributed by atoms with Crippen molar-refractivity contribution in [2.75, 3.05) is 5.73 Å². The Morgan fingerprint density at radius 2 is 2.70 bits per heavy atom. The Hall–Kier alpha value is -1.05. The van der Waals surface area contributed by atoms with Gasteiger partial charge in [-0.15, -0.1) is 0 Å². The van der Waals surface area contributed by atoms with Crippen LogP contribution in [0.15, 0.2) is 18.5 Å². The largest absolute Gasteiger partial charge is 0.397 e. The van der Waals surface area contributed by atoms with E-state index >= 15 is 0 Å². The van der Waals surface area contributed by atoms with E-state index in [2.05, 4.69) is 4.98 Å². The van der Waals surface area contributed by atoms with Crippen LogP contribution in [0.2, 0.25) is 0 Å². The molecule has 1 rings (SSSR count). The lowest BCUT2D eigenvalue weighted by molar-refractivity contribution is 0.914. The van der Waals surface area contributed by atoms with Crippen LogP contribution in [-0.2, 0) is 6.37 Å². The minimum atomic E-state index is -3.08. The van der Waals surface area contributed by atoms with Gasteiger partial charge in [0.15, 0.2) is 0 Å².